The summed E-state index contributed by atoms with van der Waals surface area (Å²) in [6.07, 6.45) is 0. The number of hydrogen-bond donors (Lipinski definition) is 2. The number of phenolic OH excluding ortho intramolecular Hbond substituents is 1. The molecule has 1 unspecified atom stereocenters. The summed E-state index contributed by atoms with van der Waals surface area (Å²) in [7, 11) is 0. The standard InChI is InChI=1S/C29H28ClN3O2/c1-16(2)19-9-11-20(12-10-19)28-25-26(24-18(4)13-17(3)14-23(24)34)31-32-27(25)29(35)33(28)15-21-7-5-6-8-22(21)30/h5-14,16,28,34H,15H2,1-4H3,(H,31,32). The van der Waals surface area contributed by atoms with Crippen LogP contribution >= 0.6 is 11.6 Å². The minimum absolute atomic E-state index is 0.138. The molecule has 0 bridgehead atoms. The summed E-state index contributed by atoms with van der Waals surface area (Å²) in [5, 5.41) is 19.0. The lowest BCUT2D eigenvalue weighted by molar-refractivity contribution is 0.0730. The minimum atomic E-state index is -0.371. The van der Waals surface area contributed by atoms with Gasteiger partial charge in [0.1, 0.15) is 17.1 Å². The van der Waals surface area contributed by atoms with Crippen LogP contribution in [0, 0.1) is 13.8 Å². The van der Waals surface area contributed by atoms with E-state index >= 15 is 0 Å². The molecule has 0 aliphatic carbocycles. The normalized spacial score (nSPS) is 15.2. The van der Waals surface area contributed by atoms with Crippen molar-refractivity contribution in [2.75, 3.05) is 0 Å². The van der Waals surface area contributed by atoms with Gasteiger partial charge in [-0.1, -0.05) is 74.0 Å². The maximum Gasteiger partial charge on any atom is 0.273 e. The van der Waals surface area contributed by atoms with Crippen molar-refractivity contribution in [2.24, 2.45) is 0 Å². The highest BCUT2D eigenvalue weighted by Gasteiger charge is 2.43. The molecule has 5 nitrogen and oxygen atoms in total. The molecule has 0 saturated heterocycles. The average molecular weight is 486 g/mol. The molecular formula is C29H28ClN3O2. The van der Waals surface area contributed by atoms with Crippen LogP contribution in [0.2, 0.25) is 5.02 Å². The van der Waals surface area contributed by atoms with Gasteiger partial charge in [-0.05, 0) is 59.7 Å². The van der Waals surface area contributed by atoms with Gasteiger partial charge in [0.05, 0.1) is 6.04 Å². The Hall–Kier alpha value is -3.57. The smallest absolute Gasteiger partial charge is 0.273 e. The second-order valence-electron chi connectivity index (χ2n) is 9.59. The number of phenols is 1. The molecule has 1 atom stereocenters. The van der Waals surface area contributed by atoms with Crippen molar-refractivity contribution in [2.45, 2.75) is 46.2 Å². The molecule has 2 heterocycles. The van der Waals surface area contributed by atoms with Crippen LogP contribution in [-0.4, -0.2) is 26.1 Å². The van der Waals surface area contributed by atoms with Crippen LogP contribution in [0.4, 0.5) is 0 Å². The molecule has 1 aliphatic rings. The molecule has 5 rings (SSSR count). The molecule has 0 radical (unpaired) electrons. The van der Waals surface area contributed by atoms with E-state index in [1.807, 2.05) is 49.1 Å². The molecule has 4 aromatic rings. The number of fused-ring (bicyclic) bond motifs is 1. The molecule has 35 heavy (non-hydrogen) atoms. The predicted molar refractivity (Wildman–Crippen MR) is 139 cm³/mol. The Kier molecular flexibility index (Phi) is 5.89. The van der Waals surface area contributed by atoms with Crippen molar-refractivity contribution in [1.29, 1.82) is 0 Å². The summed E-state index contributed by atoms with van der Waals surface area (Å²) in [5.74, 6) is 0.421. The number of nitrogens with zero attached hydrogens (tertiary/aromatic N) is 2. The Morgan fingerprint density at radius 2 is 1.80 bits per heavy atom. The van der Waals surface area contributed by atoms with Gasteiger partial charge in [-0.2, -0.15) is 5.10 Å². The fourth-order valence-corrected chi connectivity index (χ4v) is 5.22. The lowest BCUT2D eigenvalue weighted by atomic mass is 9.92. The first-order chi connectivity index (χ1) is 16.8. The van der Waals surface area contributed by atoms with Crippen LogP contribution < -0.4 is 0 Å². The number of aryl methyl sites for hydroxylation is 2. The van der Waals surface area contributed by atoms with E-state index in [9.17, 15) is 9.90 Å². The number of rotatable bonds is 5. The summed E-state index contributed by atoms with van der Waals surface area (Å²) in [5.41, 5.74) is 7.44. The largest absolute Gasteiger partial charge is 0.507 e. The number of aromatic amines is 1. The van der Waals surface area contributed by atoms with E-state index in [1.165, 1.54) is 5.56 Å². The first-order valence-electron chi connectivity index (χ1n) is 11.8. The third kappa shape index (κ3) is 4.00. The van der Waals surface area contributed by atoms with E-state index in [2.05, 4.69) is 48.3 Å². The molecule has 0 saturated carbocycles. The van der Waals surface area contributed by atoms with Gasteiger partial charge in [0.15, 0.2) is 0 Å². The quantitative estimate of drug-likeness (QED) is 0.322. The van der Waals surface area contributed by atoms with Crippen LogP contribution in [0.1, 0.15) is 69.7 Å². The highest BCUT2D eigenvalue weighted by atomic mass is 35.5. The molecule has 6 heteroatoms. The number of benzene rings is 3. The van der Waals surface area contributed by atoms with Gasteiger partial charge < -0.3 is 10.0 Å². The number of carbonyl (C=O) groups excluding carboxylic acids is 1. The molecule has 178 valence electrons. The number of nitrogens with one attached hydrogen (secondary N) is 1. The number of carbonyl (C=O) groups is 1. The summed E-state index contributed by atoms with van der Waals surface area (Å²) in [6, 6.07) is 19.4. The third-order valence-electron chi connectivity index (χ3n) is 6.78. The minimum Gasteiger partial charge on any atom is -0.507 e. The van der Waals surface area contributed by atoms with Crippen LogP contribution in [0.5, 0.6) is 5.75 Å². The van der Waals surface area contributed by atoms with E-state index in [0.29, 0.717) is 34.4 Å². The Balaban J connectivity index is 1.68. The predicted octanol–water partition coefficient (Wildman–Crippen LogP) is 6.92. The Bertz CT molecular complexity index is 1400. The van der Waals surface area contributed by atoms with Crippen LogP contribution in [0.25, 0.3) is 11.3 Å². The number of halogens is 1. The highest BCUT2D eigenvalue weighted by Crippen LogP contribution is 2.46. The molecule has 0 spiro atoms. The monoisotopic (exact) mass is 485 g/mol. The topological polar surface area (TPSA) is 69.2 Å². The fourth-order valence-electron chi connectivity index (χ4n) is 5.02. The number of aromatic hydroxyl groups is 1. The summed E-state index contributed by atoms with van der Waals surface area (Å²) in [4.78, 5) is 15.5. The lowest BCUT2D eigenvalue weighted by Crippen LogP contribution is -2.29. The van der Waals surface area contributed by atoms with E-state index < -0.39 is 0 Å². The second kappa shape index (κ2) is 8.90. The Morgan fingerprint density at radius 3 is 2.46 bits per heavy atom. The molecule has 3 aromatic carbocycles. The number of amides is 1. The van der Waals surface area contributed by atoms with Gasteiger partial charge in [0.2, 0.25) is 0 Å². The van der Waals surface area contributed by atoms with Crippen molar-refractivity contribution in [3.05, 3.63) is 105 Å². The maximum absolute atomic E-state index is 13.7. The zero-order chi connectivity index (χ0) is 24.9. The lowest BCUT2D eigenvalue weighted by Gasteiger charge is -2.27. The molecule has 2 N–H and O–H groups in total. The Morgan fingerprint density at radius 1 is 1.09 bits per heavy atom. The summed E-state index contributed by atoms with van der Waals surface area (Å²) >= 11 is 6.48. The van der Waals surface area contributed by atoms with E-state index in [4.69, 9.17) is 11.6 Å². The van der Waals surface area contributed by atoms with Crippen molar-refractivity contribution in [1.82, 2.24) is 15.1 Å². The van der Waals surface area contributed by atoms with Gasteiger partial charge in [0.25, 0.3) is 5.91 Å². The fraction of sp³-hybridized carbons (Fsp3) is 0.241. The zero-order valence-electron chi connectivity index (χ0n) is 20.3. The van der Waals surface area contributed by atoms with Gasteiger partial charge >= 0.3 is 0 Å². The van der Waals surface area contributed by atoms with E-state index in [1.54, 1.807) is 6.07 Å². The van der Waals surface area contributed by atoms with Gasteiger partial charge in [-0.3, -0.25) is 9.89 Å². The van der Waals surface area contributed by atoms with Gasteiger partial charge in [0, 0.05) is 22.7 Å². The number of H-pyrrole nitrogens is 1. The maximum atomic E-state index is 13.7. The van der Waals surface area contributed by atoms with E-state index in [-0.39, 0.29) is 17.7 Å². The number of hydrogen-bond acceptors (Lipinski definition) is 3. The van der Waals surface area contributed by atoms with Crippen molar-refractivity contribution < 1.29 is 9.90 Å². The molecule has 1 aromatic heterocycles. The van der Waals surface area contributed by atoms with Crippen molar-refractivity contribution in [3.8, 4) is 17.0 Å². The van der Waals surface area contributed by atoms with Gasteiger partial charge in [-0.15, -0.1) is 0 Å². The zero-order valence-corrected chi connectivity index (χ0v) is 21.0. The number of aromatic nitrogens is 2. The second-order valence-corrected chi connectivity index (χ2v) is 9.99. The first-order valence-corrected chi connectivity index (χ1v) is 12.2. The Labute approximate surface area is 210 Å². The highest BCUT2D eigenvalue weighted by molar-refractivity contribution is 6.31. The molecule has 1 aliphatic heterocycles. The van der Waals surface area contributed by atoms with Crippen LogP contribution in [0.3, 0.4) is 0 Å². The first kappa shape index (κ1) is 23.2. The third-order valence-corrected chi connectivity index (χ3v) is 7.15. The van der Waals surface area contributed by atoms with Gasteiger partial charge in [-0.25, -0.2) is 0 Å². The van der Waals surface area contributed by atoms with Crippen molar-refractivity contribution in [3.63, 3.8) is 0 Å². The summed E-state index contributed by atoms with van der Waals surface area (Å²) in [6.45, 7) is 8.57. The molecule has 1 amide bonds. The SMILES string of the molecule is Cc1cc(C)c(-c2n[nH]c3c2C(c2ccc(C(C)C)cc2)N(Cc2ccccc2Cl)C3=O)c(O)c1. The van der Waals surface area contributed by atoms with Crippen molar-refractivity contribution >= 4 is 17.5 Å². The van der Waals surface area contributed by atoms with E-state index in [0.717, 1.165) is 27.8 Å². The summed E-state index contributed by atoms with van der Waals surface area (Å²) < 4.78 is 0. The van der Waals surface area contributed by atoms with Crippen LogP contribution in [-0.2, 0) is 6.54 Å². The average Bonchev–Trinajstić information content (AvgIpc) is 3.34. The molecule has 0 fully saturated rings. The van der Waals surface area contributed by atoms with Crippen LogP contribution in [0.15, 0.2) is 60.7 Å². The molecular weight excluding hydrogens is 458 g/mol.